The summed E-state index contributed by atoms with van der Waals surface area (Å²) in [5.74, 6) is 0.444. The van der Waals surface area contributed by atoms with Gasteiger partial charge in [-0.05, 0) is 12.1 Å². The van der Waals surface area contributed by atoms with Gasteiger partial charge in [0.1, 0.15) is 11.6 Å². The van der Waals surface area contributed by atoms with Crippen LogP contribution >= 0.6 is 0 Å². The lowest BCUT2D eigenvalue weighted by Crippen LogP contribution is -2.04. The molecule has 88 valence electrons. The maximum atomic E-state index is 10.5. The molecule has 1 aromatic carbocycles. The number of carbonyl (C=O) groups is 1. The van der Waals surface area contributed by atoms with Crippen molar-refractivity contribution >= 4 is 22.7 Å². The van der Waals surface area contributed by atoms with Crippen LogP contribution in [0, 0.1) is 0 Å². The van der Waals surface area contributed by atoms with Crippen molar-refractivity contribution in [2.24, 2.45) is 0 Å². The summed E-state index contributed by atoms with van der Waals surface area (Å²) >= 11 is 0. The minimum absolute atomic E-state index is 0.0431. The summed E-state index contributed by atoms with van der Waals surface area (Å²) in [5.41, 5.74) is 0.826. The van der Waals surface area contributed by atoms with Crippen LogP contribution in [-0.4, -0.2) is 28.1 Å². The molecule has 1 aromatic heterocycles. The van der Waals surface area contributed by atoms with Crippen molar-refractivity contribution < 1.29 is 9.90 Å². The highest BCUT2D eigenvalue weighted by Gasteiger charge is 2.07. The van der Waals surface area contributed by atoms with Gasteiger partial charge in [-0.3, -0.25) is 4.79 Å². The maximum absolute atomic E-state index is 10.5. The van der Waals surface area contributed by atoms with Crippen molar-refractivity contribution in [1.29, 1.82) is 0 Å². The van der Waals surface area contributed by atoms with Crippen LogP contribution < -0.4 is 5.32 Å². The summed E-state index contributed by atoms with van der Waals surface area (Å²) in [6.07, 6.45) is 0.385. The van der Waals surface area contributed by atoms with Crippen molar-refractivity contribution in [2.75, 3.05) is 12.4 Å². The molecule has 0 aliphatic rings. The Kier molecular flexibility index (Phi) is 3.18. The number of aromatic nitrogens is 2. The van der Waals surface area contributed by atoms with E-state index in [1.807, 2.05) is 24.3 Å². The van der Waals surface area contributed by atoms with Crippen molar-refractivity contribution in [3.8, 4) is 0 Å². The van der Waals surface area contributed by atoms with Crippen LogP contribution in [0.25, 0.3) is 10.9 Å². The van der Waals surface area contributed by atoms with Gasteiger partial charge in [-0.25, -0.2) is 9.97 Å². The van der Waals surface area contributed by atoms with Crippen LogP contribution in [-0.2, 0) is 11.2 Å². The highest BCUT2D eigenvalue weighted by molar-refractivity contribution is 5.88. The third kappa shape index (κ3) is 2.50. The van der Waals surface area contributed by atoms with E-state index in [0.29, 0.717) is 12.2 Å². The van der Waals surface area contributed by atoms with Crippen LogP contribution in [0.4, 0.5) is 5.82 Å². The first-order valence-electron chi connectivity index (χ1n) is 5.36. The zero-order valence-corrected chi connectivity index (χ0v) is 9.47. The van der Waals surface area contributed by atoms with Crippen LogP contribution in [0.1, 0.15) is 12.2 Å². The van der Waals surface area contributed by atoms with E-state index in [2.05, 4.69) is 15.3 Å². The van der Waals surface area contributed by atoms with E-state index in [0.717, 1.165) is 16.7 Å². The average Bonchev–Trinajstić information content (AvgIpc) is 2.35. The number of carboxylic acids is 1. The molecule has 0 radical (unpaired) electrons. The number of rotatable bonds is 4. The van der Waals surface area contributed by atoms with Gasteiger partial charge in [0.2, 0.25) is 0 Å². The number of para-hydroxylation sites is 1. The molecule has 0 saturated carbocycles. The van der Waals surface area contributed by atoms with Gasteiger partial charge < -0.3 is 10.4 Å². The van der Waals surface area contributed by atoms with E-state index < -0.39 is 5.97 Å². The Balaban J connectivity index is 2.41. The fourth-order valence-electron chi connectivity index (χ4n) is 1.65. The molecule has 0 aliphatic heterocycles. The van der Waals surface area contributed by atoms with E-state index in [1.54, 1.807) is 7.05 Å². The molecule has 2 N–H and O–H groups in total. The summed E-state index contributed by atoms with van der Waals surface area (Å²) in [6, 6.07) is 7.64. The highest BCUT2D eigenvalue weighted by Crippen LogP contribution is 2.19. The summed E-state index contributed by atoms with van der Waals surface area (Å²) in [5, 5.41) is 12.6. The normalized spacial score (nSPS) is 10.4. The first-order chi connectivity index (χ1) is 8.20. The van der Waals surface area contributed by atoms with Gasteiger partial charge in [-0.2, -0.15) is 0 Å². The fourth-order valence-corrected chi connectivity index (χ4v) is 1.65. The first kappa shape index (κ1) is 11.3. The molecule has 2 aromatic rings. The average molecular weight is 231 g/mol. The number of benzene rings is 1. The van der Waals surface area contributed by atoms with Crippen molar-refractivity contribution in [2.45, 2.75) is 12.8 Å². The summed E-state index contributed by atoms with van der Waals surface area (Å²) in [7, 11) is 1.79. The molecular formula is C12H13N3O2. The van der Waals surface area contributed by atoms with Crippen LogP contribution in [0.15, 0.2) is 24.3 Å². The molecule has 2 rings (SSSR count). The minimum atomic E-state index is -0.840. The Morgan fingerprint density at radius 3 is 2.82 bits per heavy atom. The van der Waals surface area contributed by atoms with Gasteiger partial charge in [-0.15, -0.1) is 0 Å². The Morgan fingerprint density at radius 2 is 2.12 bits per heavy atom. The zero-order valence-electron chi connectivity index (χ0n) is 9.47. The Hall–Kier alpha value is -2.17. The highest BCUT2D eigenvalue weighted by atomic mass is 16.4. The summed E-state index contributed by atoms with van der Waals surface area (Å²) in [4.78, 5) is 19.2. The smallest absolute Gasteiger partial charge is 0.303 e. The number of hydrogen-bond donors (Lipinski definition) is 2. The lowest BCUT2D eigenvalue weighted by atomic mass is 10.2. The second-order valence-corrected chi connectivity index (χ2v) is 3.65. The van der Waals surface area contributed by atoms with Gasteiger partial charge >= 0.3 is 5.97 Å². The molecule has 0 atom stereocenters. The number of carboxylic acid groups (broad SMARTS) is 1. The second kappa shape index (κ2) is 4.78. The SMILES string of the molecule is CNc1nc(CCC(=O)O)nc2ccccc12. The van der Waals surface area contributed by atoms with Crippen LogP contribution in [0.3, 0.4) is 0 Å². The second-order valence-electron chi connectivity index (χ2n) is 3.65. The molecule has 0 fully saturated rings. The molecule has 0 saturated heterocycles. The number of aryl methyl sites for hydroxylation is 1. The van der Waals surface area contributed by atoms with E-state index >= 15 is 0 Å². The van der Waals surface area contributed by atoms with Crippen LogP contribution in [0.2, 0.25) is 0 Å². The van der Waals surface area contributed by atoms with Gasteiger partial charge in [0.05, 0.1) is 11.9 Å². The van der Waals surface area contributed by atoms with Crippen molar-refractivity contribution in [1.82, 2.24) is 9.97 Å². The number of nitrogens with zero attached hydrogens (tertiary/aromatic N) is 2. The minimum Gasteiger partial charge on any atom is -0.481 e. The number of nitrogens with one attached hydrogen (secondary N) is 1. The van der Waals surface area contributed by atoms with Gasteiger partial charge in [-0.1, -0.05) is 12.1 Å². The lowest BCUT2D eigenvalue weighted by molar-refractivity contribution is -0.137. The molecule has 5 nitrogen and oxygen atoms in total. The standard InChI is InChI=1S/C12H13N3O2/c1-13-12-8-4-2-3-5-9(8)14-10(15-12)6-7-11(16)17/h2-5H,6-7H2,1H3,(H,16,17)(H,13,14,15). The number of aliphatic carboxylic acids is 1. The fraction of sp³-hybridized carbons (Fsp3) is 0.250. The Morgan fingerprint density at radius 1 is 1.35 bits per heavy atom. The van der Waals surface area contributed by atoms with E-state index in [-0.39, 0.29) is 6.42 Å². The van der Waals surface area contributed by atoms with E-state index in [4.69, 9.17) is 5.11 Å². The van der Waals surface area contributed by atoms with Crippen molar-refractivity contribution in [3.63, 3.8) is 0 Å². The third-order valence-corrected chi connectivity index (χ3v) is 2.45. The zero-order chi connectivity index (χ0) is 12.3. The molecule has 0 bridgehead atoms. The molecule has 0 spiro atoms. The van der Waals surface area contributed by atoms with E-state index in [9.17, 15) is 4.79 Å². The Bertz CT molecular complexity index is 554. The molecule has 0 amide bonds. The number of fused-ring (bicyclic) bond motifs is 1. The monoisotopic (exact) mass is 231 g/mol. The van der Waals surface area contributed by atoms with Crippen molar-refractivity contribution in [3.05, 3.63) is 30.1 Å². The topological polar surface area (TPSA) is 75.1 Å². The quantitative estimate of drug-likeness (QED) is 0.837. The predicted octanol–water partition coefficient (Wildman–Crippen LogP) is 1.69. The largest absolute Gasteiger partial charge is 0.481 e. The Labute approximate surface area is 98.5 Å². The molecule has 1 heterocycles. The molecule has 17 heavy (non-hydrogen) atoms. The van der Waals surface area contributed by atoms with Gasteiger partial charge in [0.25, 0.3) is 0 Å². The van der Waals surface area contributed by atoms with E-state index in [1.165, 1.54) is 0 Å². The third-order valence-electron chi connectivity index (χ3n) is 2.45. The lowest BCUT2D eigenvalue weighted by Gasteiger charge is -2.07. The van der Waals surface area contributed by atoms with Gasteiger partial charge in [0.15, 0.2) is 0 Å². The summed E-state index contributed by atoms with van der Waals surface area (Å²) < 4.78 is 0. The molecule has 0 aliphatic carbocycles. The van der Waals surface area contributed by atoms with Gasteiger partial charge in [0, 0.05) is 18.9 Å². The molecule has 5 heteroatoms. The number of anilines is 1. The molecular weight excluding hydrogens is 218 g/mol. The maximum Gasteiger partial charge on any atom is 0.303 e. The predicted molar refractivity (Wildman–Crippen MR) is 65.0 cm³/mol. The number of hydrogen-bond acceptors (Lipinski definition) is 4. The van der Waals surface area contributed by atoms with Crippen LogP contribution in [0.5, 0.6) is 0 Å². The molecule has 0 unspecified atom stereocenters. The first-order valence-corrected chi connectivity index (χ1v) is 5.36. The summed E-state index contributed by atoms with van der Waals surface area (Å²) in [6.45, 7) is 0.